The lowest BCUT2D eigenvalue weighted by molar-refractivity contribution is -0.119. The Bertz CT molecular complexity index is 1060. The van der Waals surface area contributed by atoms with E-state index >= 15 is 0 Å². The Kier molecular flexibility index (Phi) is 5.72. The molecule has 7 nitrogen and oxygen atoms in total. The first-order valence-electron chi connectivity index (χ1n) is 9.70. The van der Waals surface area contributed by atoms with Crippen LogP contribution in [0.5, 0.6) is 0 Å². The Morgan fingerprint density at radius 2 is 1.83 bits per heavy atom. The van der Waals surface area contributed by atoms with Gasteiger partial charge < -0.3 is 21.1 Å². The molecule has 2 aromatic carbocycles. The number of amides is 2. The molecule has 7 heteroatoms. The van der Waals surface area contributed by atoms with Crippen LogP contribution in [0.15, 0.2) is 66.9 Å². The van der Waals surface area contributed by atoms with Gasteiger partial charge in [-0.2, -0.15) is 0 Å². The molecule has 2 amide bonds. The van der Waals surface area contributed by atoms with E-state index in [2.05, 4.69) is 15.6 Å². The van der Waals surface area contributed by atoms with Crippen LogP contribution in [0.3, 0.4) is 0 Å². The number of nitrogens with zero attached hydrogens (tertiary/aromatic N) is 1. The van der Waals surface area contributed by atoms with Gasteiger partial charge in [0, 0.05) is 29.7 Å². The van der Waals surface area contributed by atoms with Crippen LogP contribution in [0.2, 0.25) is 0 Å². The number of benzene rings is 2. The molecular weight excluding hydrogens is 380 g/mol. The molecule has 1 aliphatic heterocycles. The molecular formula is C23H22N4O3. The fraction of sp³-hybridized carbons (Fsp3) is 0.174. The second-order valence-electron chi connectivity index (χ2n) is 7.13. The van der Waals surface area contributed by atoms with Crippen LogP contribution in [-0.4, -0.2) is 30.0 Å². The van der Waals surface area contributed by atoms with E-state index < -0.39 is 5.91 Å². The van der Waals surface area contributed by atoms with Gasteiger partial charge >= 0.3 is 0 Å². The predicted octanol–water partition coefficient (Wildman–Crippen LogP) is 3.57. The lowest BCUT2D eigenvalue weighted by Gasteiger charge is -2.12. The number of primary amides is 1. The number of hydrogen-bond donors (Lipinski definition) is 3. The van der Waals surface area contributed by atoms with E-state index in [1.54, 1.807) is 24.4 Å². The van der Waals surface area contributed by atoms with Crippen LogP contribution < -0.4 is 16.4 Å². The van der Waals surface area contributed by atoms with Crippen LogP contribution in [0, 0.1) is 5.92 Å². The van der Waals surface area contributed by atoms with Gasteiger partial charge in [0.05, 0.1) is 12.5 Å². The second-order valence-corrected chi connectivity index (χ2v) is 7.13. The average Bonchev–Trinajstić information content (AvgIpc) is 3.30. The third kappa shape index (κ3) is 4.64. The SMILES string of the molecule is NC(=O)c1cc(Nc2ccccc2)cc(-c2ccnc(NC(=O)C3CCOC3)c2)c1. The highest BCUT2D eigenvalue weighted by molar-refractivity contribution is 5.96. The summed E-state index contributed by atoms with van der Waals surface area (Å²) in [5.74, 6) is -0.326. The van der Waals surface area contributed by atoms with Gasteiger partial charge in [-0.05, 0) is 60.0 Å². The summed E-state index contributed by atoms with van der Waals surface area (Å²) in [6.45, 7) is 1.03. The molecule has 1 saturated heterocycles. The average molecular weight is 402 g/mol. The van der Waals surface area contributed by atoms with Crippen molar-refractivity contribution in [1.29, 1.82) is 0 Å². The second kappa shape index (κ2) is 8.75. The van der Waals surface area contributed by atoms with E-state index in [-0.39, 0.29) is 11.8 Å². The van der Waals surface area contributed by atoms with Crippen molar-refractivity contribution in [1.82, 2.24) is 4.98 Å². The Balaban J connectivity index is 1.62. The van der Waals surface area contributed by atoms with Crippen molar-refractivity contribution in [3.63, 3.8) is 0 Å². The first kappa shape index (κ1) is 19.6. The third-order valence-electron chi connectivity index (χ3n) is 4.93. The van der Waals surface area contributed by atoms with E-state index in [1.165, 1.54) is 0 Å². The molecule has 0 saturated carbocycles. The van der Waals surface area contributed by atoms with Crippen LogP contribution in [0.1, 0.15) is 16.8 Å². The molecule has 1 fully saturated rings. The van der Waals surface area contributed by atoms with Gasteiger partial charge in [-0.25, -0.2) is 4.98 Å². The number of anilines is 3. The number of nitrogens with one attached hydrogen (secondary N) is 2. The molecule has 1 unspecified atom stereocenters. The summed E-state index contributed by atoms with van der Waals surface area (Å²) in [6, 6.07) is 18.6. The van der Waals surface area contributed by atoms with E-state index in [9.17, 15) is 9.59 Å². The first-order chi connectivity index (χ1) is 14.6. The zero-order valence-corrected chi connectivity index (χ0v) is 16.3. The van der Waals surface area contributed by atoms with Crippen molar-refractivity contribution < 1.29 is 14.3 Å². The van der Waals surface area contributed by atoms with Gasteiger partial charge in [0.25, 0.3) is 0 Å². The largest absolute Gasteiger partial charge is 0.381 e. The summed E-state index contributed by atoms with van der Waals surface area (Å²) in [6.07, 6.45) is 2.33. The molecule has 152 valence electrons. The Morgan fingerprint density at radius 1 is 1.00 bits per heavy atom. The van der Waals surface area contributed by atoms with E-state index in [0.717, 1.165) is 22.5 Å². The molecule has 3 aromatic rings. The van der Waals surface area contributed by atoms with Crippen LogP contribution in [-0.2, 0) is 9.53 Å². The van der Waals surface area contributed by atoms with Crippen molar-refractivity contribution in [2.24, 2.45) is 11.7 Å². The molecule has 4 N–H and O–H groups in total. The number of rotatable bonds is 6. The van der Waals surface area contributed by atoms with Crippen molar-refractivity contribution in [3.8, 4) is 11.1 Å². The number of pyridine rings is 1. The zero-order valence-electron chi connectivity index (χ0n) is 16.3. The molecule has 0 bridgehead atoms. The molecule has 0 spiro atoms. The van der Waals surface area contributed by atoms with Gasteiger partial charge in [-0.1, -0.05) is 18.2 Å². The van der Waals surface area contributed by atoms with Gasteiger partial charge in [0.1, 0.15) is 5.82 Å². The minimum absolute atomic E-state index is 0.102. The Hall–Kier alpha value is -3.71. The molecule has 1 atom stereocenters. The number of carbonyl (C=O) groups excluding carboxylic acids is 2. The minimum atomic E-state index is -0.517. The van der Waals surface area contributed by atoms with Gasteiger partial charge in [-0.3, -0.25) is 9.59 Å². The Labute approximate surface area is 174 Å². The number of para-hydroxylation sites is 1. The smallest absolute Gasteiger partial charge is 0.248 e. The monoisotopic (exact) mass is 402 g/mol. The first-order valence-corrected chi connectivity index (χ1v) is 9.70. The van der Waals surface area contributed by atoms with Gasteiger partial charge in [-0.15, -0.1) is 0 Å². The number of carbonyl (C=O) groups is 2. The molecule has 1 aliphatic rings. The number of nitrogens with two attached hydrogens (primary N) is 1. The summed E-state index contributed by atoms with van der Waals surface area (Å²) in [7, 11) is 0. The molecule has 4 rings (SSSR count). The van der Waals surface area contributed by atoms with Crippen molar-refractivity contribution in [2.75, 3.05) is 23.8 Å². The zero-order chi connectivity index (χ0) is 20.9. The minimum Gasteiger partial charge on any atom is -0.381 e. The van der Waals surface area contributed by atoms with Gasteiger partial charge in [0.2, 0.25) is 11.8 Å². The molecule has 1 aromatic heterocycles. The summed E-state index contributed by atoms with van der Waals surface area (Å²) in [5.41, 5.74) is 9.15. The van der Waals surface area contributed by atoms with Crippen molar-refractivity contribution in [3.05, 3.63) is 72.4 Å². The van der Waals surface area contributed by atoms with Gasteiger partial charge in [0.15, 0.2) is 0 Å². The summed E-state index contributed by atoms with van der Waals surface area (Å²) in [5, 5.41) is 6.13. The maximum atomic E-state index is 12.4. The lowest BCUT2D eigenvalue weighted by Crippen LogP contribution is -2.23. The number of aromatic nitrogens is 1. The summed E-state index contributed by atoms with van der Waals surface area (Å²) in [4.78, 5) is 28.5. The normalized spacial score (nSPS) is 15.5. The highest BCUT2D eigenvalue weighted by atomic mass is 16.5. The lowest BCUT2D eigenvalue weighted by atomic mass is 10.0. The predicted molar refractivity (Wildman–Crippen MR) is 115 cm³/mol. The summed E-state index contributed by atoms with van der Waals surface area (Å²) >= 11 is 0. The fourth-order valence-corrected chi connectivity index (χ4v) is 3.34. The van der Waals surface area contributed by atoms with Crippen LogP contribution in [0.4, 0.5) is 17.2 Å². The quantitative estimate of drug-likeness (QED) is 0.584. The summed E-state index contributed by atoms with van der Waals surface area (Å²) < 4.78 is 5.27. The third-order valence-corrected chi connectivity index (χ3v) is 4.93. The highest BCUT2D eigenvalue weighted by Crippen LogP contribution is 2.28. The maximum Gasteiger partial charge on any atom is 0.248 e. The molecule has 0 radical (unpaired) electrons. The standard InChI is InChI=1S/C23H22N4O3/c24-22(28)18-10-17(11-20(12-18)26-19-4-2-1-3-5-19)15-6-8-25-21(13-15)27-23(29)16-7-9-30-14-16/h1-6,8,10-13,16,26H,7,9,14H2,(H2,24,28)(H,25,27,29). The molecule has 30 heavy (non-hydrogen) atoms. The van der Waals surface area contributed by atoms with E-state index in [4.69, 9.17) is 10.5 Å². The highest BCUT2D eigenvalue weighted by Gasteiger charge is 2.23. The van der Waals surface area contributed by atoms with Crippen molar-refractivity contribution in [2.45, 2.75) is 6.42 Å². The van der Waals surface area contributed by atoms with E-state index in [1.807, 2.05) is 42.5 Å². The van der Waals surface area contributed by atoms with Crippen LogP contribution >= 0.6 is 0 Å². The number of ether oxygens (including phenoxy) is 1. The Morgan fingerprint density at radius 3 is 2.57 bits per heavy atom. The fourth-order valence-electron chi connectivity index (χ4n) is 3.34. The molecule has 0 aliphatic carbocycles. The maximum absolute atomic E-state index is 12.4. The number of hydrogen-bond acceptors (Lipinski definition) is 5. The van der Waals surface area contributed by atoms with E-state index in [0.29, 0.717) is 31.0 Å². The van der Waals surface area contributed by atoms with Crippen molar-refractivity contribution >= 4 is 29.0 Å². The molecule has 2 heterocycles. The van der Waals surface area contributed by atoms with Crippen LogP contribution in [0.25, 0.3) is 11.1 Å². The topological polar surface area (TPSA) is 106 Å².